The monoisotopic (exact) mass is 348 g/mol. The molecule has 2 aromatic rings. The molecule has 2 N–H and O–H groups in total. The van der Waals surface area contributed by atoms with Crippen LogP contribution in [0.2, 0.25) is 0 Å². The van der Waals surface area contributed by atoms with Gasteiger partial charge in [0.15, 0.2) is 0 Å². The molecule has 6 nitrogen and oxygen atoms in total. The van der Waals surface area contributed by atoms with Crippen molar-refractivity contribution in [2.45, 2.75) is 25.4 Å². The molecule has 0 spiro atoms. The van der Waals surface area contributed by atoms with Crippen LogP contribution in [0.4, 0.5) is 14.5 Å². The van der Waals surface area contributed by atoms with Crippen LogP contribution in [0.15, 0.2) is 40.2 Å². The van der Waals surface area contributed by atoms with Crippen molar-refractivity contribution in [1.82, 2.24) is 9.78 Å². The van der Waals surface area contributed by atoms with Crippen molar-refractivity contribution in [3.05, 3.63) is 57.8 Å². The van der Waals surface area contributed by atoms with Gasteiger partial charge in [-0.05, 0) is 18.9 Å². The van der Waals surface area contributed by atoms with Gasteiger partial charge in [-0.15, -0.1) is 0 Å². The number of hydrogen-bond donors (Lipinski definition) is 1. The van der Waals surface area contributed by atoms with Crippen LogP contribution in [0.1, 0.15) is 30.0 Å². The molecule has 1 aliphatic rings. The second-order valence-electron chi connectivity index (χ2n) is 5.76. The van der Waals surface area contributed by atoms with Crippen molar-refractivity contribution in [3.8, 4) is 0 Å². The van der Waals surface area contributed by atoms with Gasteiger partial charge >= 0.3 is 0 Å². The van der Waals surface area contributed by atoms with Gasteiger partial charge in [0.05, 0.1) is 24.3 Å². The molecular weight excluding hydrogens is 330 g/mol. The normalized spacial score (nSPS) is 16.2. The molecule has 0 bridgehead atoms. The van der Waals surface area contributed by atoms with Crippen molar-refractivity contribution in [2.24, 2.45) is 4.99 Å². The Balaban J connectivity index is 1.84. The summed E-state index contributed by atoms with van der Waals surface area (Å²) >= 11 is 0. The Morgan fingerprint density at radius 2 is 2.08 bits per heavy atom. The quantitative estimate of drug-likeness (QED) is 0.859. The molecule has 1 aliphatic heterocycles. The first-order valence-corrected chi connectivity index (χ1v) is 7.96. The summed E-state index contributed by atoms with van der Waals surface area (Å²) in [7, 11) is 0. The minimum atomic E-state index is -0.940. The largest absolute Gasteiger partial charge is 0.394 e. The van der Waals surface area contributed by atoms with E-state index in [4.69, 9.17) is 10.5 Å². The van der Waals surface area contributed by atoms with Crippen LogP contribution >= 0.6 is 0 Å². The lowest BCUT2D eigenvalue weighted by molar-refractivity contribution is 0.0648. The molecule has 25 heavy (non-hydrogen) atoms. The van der Waals surface area contributed by atoms with Gasteiger partial charge in [0.1, 0.15) is 11.5 Å². The molecule has 0 amide bonds. The van der Waals surface area contributed by atoms with Crippen molar-refractivity contribution in [3.63, 3.8) is 0 Å². The maximum absolute atomic E-state index is 14.3. The van der Waals surface area contributed by atoms with Crippen molar-refractivity contribution < 1.29 is 13.5 Å². The number of nitrogens with zero attached hydrogens (tertiary/aromatic N) is 3. The summed E-state index contributed by atoms with van der Waals surface area (Å²) in [5.74, 6) is -1.41. The average molecular weight is 348 g/mol. The first kappa shape index (κ1) is 17.2. The second kappa shape index (κ2) is 7.52. The SMILES string of the molecule is Nc1c(C(F)=NCc2ccccc2F)cnn(C2CCOCC2)c1=O. The van der Waals surface area contributed by atoms with E-state index >= 15 is 0 Å². The molecule has 132 valence electrons. The standard InChI is InChI=1S/C17H18F2N4O2/c18-14-4-2-1-3-11(14)9-21-16(19)13-10-22-23(17(24)15(13)20)12-5-7-25-8-6-12/h1-4,10,12H,5-9,20H2. The number of benzene rings is 1. The Bertz CT molecular complexity index is 845. The topological polar surface area (TPSA) is 82.5 Å². The van der Waals surface area contributed by atoms with E-state index in [-0.39, 0.29) is 29.4 Å². The molecule has 0 unspecified atom stereocenters. The molecule has 1 fully saturated rings. The number of aromatic nitrogens is 2. The smallest absolute Gasteiger partial charge is 0.290 e. The fourth-order valence-corrected chi connectivity index (χ4v) is 2.70. The Hall–Kier alpha value is -2.61. The van der Waals surface area contributed by atoms with Crippen LogP contribution in [0.25, 0.3) is 0 Å². The van der Waals surface area contributed by atoms with Crippen molar-refractivity contribution >= 4 is 11.7 Å². The summed E-state index contributed by atoms with van der Waals surface area (Å²) in [6, 6.07) is 5.84. The highest BCUT2D eigenvalue weighted by Gasteiger charge is 2.21. The molecular formula is C17H18F2N4O2. The third-order valence-electron chi connectivity index (χ3n) is 4.14. The summed E-state index contributed by atoms with van der Waals surface area (Å²) in [4.78, 5) is 16.1. The summed E-state index contributed by atoms with van der Waals surface area (Å²) in [5, 5.41) is 4.03. The second-order valence-corrected chi connectivity index (χ2v) is 5.76. The number of nitrogen functional groups attached to an aromatic ring is 1. The van der Waals surface area contributed by atoms with Crippen LogP contribution in [-0.4, -0.2) is 29.0 Å². The number of hydrogen-bond acceptors (Lipinski definition) is 5. The van der Waals surface area contributed by atoms with Gasteiger partial charge in [0.2, 0.25) is 5.97 Å². The summed E-state index contributed by atoms with van der Waals surface area (Å²) in [5.41, 5.74) is 5.06. The first-order valence-electron chi connectivity index (χ1n) is 7.96. The summed E-state index contributed by atoms with van der Waals surface area (Å²) in [6.07, 6.45) is 2.48. The van der Waals surface area contributed by atoms with Crippen LogP contribution < -0.4 is 11.3 Å². The summed E-state index contributed by atoms with van der Waals surface area (Å²) in [6.45, 7) is 0.888. The van der Waals surface area contributed by atoms with Crippen molar-refractivity contribution in [1.29, 1.82) is 0 Å². The van der Waals surface area contributed by atoms with E-state index in [1.165, 1.54) is 29.1 Å². The molecule has 1 aromatic carbocycles. The molecule has 1 saturated heterocycles. The highest BCUT2D eigenvalue weighted by molar-refractivity contribution is 5.97. The fraction of sp³-hybridized carbons (Fsp3) is 0.353. The number of anilines is 1. The molecule has 3 rings (SSSR count). The van der Waals surface area contributed by atoms with Crippen LogP contribution in [0, 0.1) is 5.82 Å². The third kappa shape index (κ3) is 3.74. The Kier molecular flexibility index (Phi) is 5.18. The van der Waals surface area contributed by atoms with Crippen molar-refractivity contribution in [2.75, 3.05) is 18.9 Å². The minimum Gasteiger partial charge on any atom is -0.394 e. The van der Waals surface area contributed by atoms with Gasteiger partial charge in [-0.25, -0.2) is 9.07 Å². The maximum atomic E-state index is 14.3. The zero-order valence-corrected chi connectivity index (χ0v) is 13.5. The van der Waals surface area contributed by atoms with Gasteiger partial charge in [-0.2, -0.15) is 9.49 Å². The highest BCUT2D eigenvalue weighted by Crippen LogP contribution is 2.19. The molecule has 2 heterocycles. The number of nitrogens with two attached hydrogens (primary N) is 1. The zero-order valence-electron chi connectivity index (χ0n) is 13.5. The Labute approximate surface area is 142 Å². The van der Waals surface area contributed by atoms with Crippen LogP contribution in [0.3, 0.4) is 0 Å². The lowest BCUT2D eigenvalue weighted by Gasteiger charge is -2.23. The molecule has 8 heteroatoms. The Morgan fingerprint density at radius 1 is 1.36 bits per heavy atom. The minimum absolute atomic E-state index is 0.115. The lowest BCUT2D eigenvalue weighted by atomic mass is 10.1. The average Bonchev–Trinajstić information content (AvgIpc) is 2.64. The highest BCUT2D eigenvalue weighted by atomic mass is 19.1. The summed E-state index contributed by atoms with van der Waals surface area (Å²) < 4.78 is 34.4. The van der Waals surface area contributed by atoms with Gasteiger partial charge in [0, 0.05) is 18.8 Å². The zero-order chi connectivity index (χ0) is 17.8. The van der Waals surface area contributed by atoms with E-state index in [0.29, 0.717) is 26.1 Å². The fourth-order valence-electron chi connectivity index (χ4n) is 2.70. The number of aliphatic imine (C=N–C) groups is 1. The molecule has 0 radical (unpaired) electrons. The van der Waals surface area contributed by atoms with E-state index in [1.54, 1.807) is 6.07 Å². The van der Waals surface area contributed by atoms with Crippen LogP contribution in [0.5, 0.6) is 0 Å². The molecule has 0 aliphatic carbocycles. The number of rotatable bonds is 4. The van der Waals surface area contributed by atoms with E-state index in [9.17, 15) is 13.6 Å². The molecule has 1 aromatic heterocycles. The lowest BCUT2D eigenvalue weighted by Crippen LogP contribution is -2.33. The predicted octanol–water partition coefficient (Wildman–Crippen LogP) is 2.23. The van der Waals surface area contributed by atoms with Gasteiger partial charge in [-0.3, -0.25) is 9.79 Å². The van der Waals surface area contributed by atoms with Crippen LogP contribution in [-0.2, 0) is 11.3 Å². The van der Waals surface area contributed by atoms with Gasteiger partial charge < -0.3 is 10.5 Å². The van der Waals surface area contributed by atoms with E-state index in [1.807, 2.05) is 0 Å². The molecule has 0 atom stereocenters. The third-order valence-corrected chi connectivity index (χ3v) is 4.14. The van der Waals surface area contributed by atoms with E-state index < -0.39 is 17.3 Å². The Morgan fingerprint density at radius 3 is 2.80 bits per heavy atom. The number of halogens is 2. The van der Waals surface area contributed by atoms with E-state index in [2.05, 4.69) is 10.1 Å². The predicted molar refractivity (Wildman–Crippen MR) is 89.7 cm³/mol. The van der Waals surface area contributed by atoms with E-state index in [0.717, 1.165) is 0 Å². The number of ether oxygens (including phenoxy) is 1. The maximum Gasteiger partial charge on any atom is 0.290 e. The van der Waals surface area contributed by atoms with Gasteiger partial charge in [0.25, 0.3) is 5.56 Å². The molecule has 0 saturated carbocycles. The first-order chi connectivity index (χ1) is 12.1. The van der Waals surface area contributed by atoms with Gasteiger partial charge in [-0.1, -0.05) is 18.2 Å².